The molecule has 0 bridgehead atoms. The predicted molar refractivity (Wildman–Crippen MR) is 126 cm³/mol. The first-order chi connectivity index (χ1) is 15.5. The van der Waals surface area contributed by atoms with E-state index in [0.29, 0.717) is 37.1 Å². The van der Waals surface area contributed by atoms with E-state index < -0.39 is 6.04 Å². The predicted octanol–water partition coefficient (Wildman–Crippen LogP) is 3.72. The van der Waals surface area contributed by atoms with E-state index in [0.717, 1.165) is 30.4 Å². The van der Waals surface area contributed by atoms with Crippen molar-refractivity contribution in [2.24, 2.45) is 5.92 Å². The molecular formula is C25H28BrN3O3. The third kappa shape index (κ3) is 5.21. The Balaban J connectivity index is 1.45. The zero-order valence-corrected chi connectivity index (χ0v) is 19.6. The molecule has 0 radical (unpaired) electrons. The summed E-state index contributed by atoms with van der Waals surface area (Å²) in [5.41, 5.74) is 1.20. The van der Waals surface area contributed by atoms with Crippen molar-refractivity contribution >= 4 is 33.7 Å². The Hall–Kier alpha value is -2.67. The normalized spacial score (nSPS) is 17.8. The SMILES string of the molecule is O=C(NC(C(=O)N1CCCC1)C1CCN(C(=O)c2cccc(Br)c2)CC1)c1ccccc1. The largest absolute Gasteiger partial charge is 0.341 e. The molecular weight excluding hydrogens is 470 g/mol. The molecule has 6 nitrogen and oxygen atoms in total. The van der Waals surface area contributed by atoms with E-state index in [4.69, 9.17) is 0 Å². The maximum atomic E-state index is 13.3. The van der Waals surface area contributed by atoms with Crippen LogP contribution in [0.15, 0.2) is 59.1 Å². The number of carbonyl (C=O) groups excluding carboxylic acids is 3. The number of nitrogens with one attached hydrogen (secondary N) is 1. The number of nitrogens with zero attached hydrogens (tertiary/aromatic N) is 2. The maximum absolute atomic E-state index is 13.3. The van der Waals surface area contributed by atoms with E-state index in [1.807, 2.05) is 52.3 Å². The molecule has 0 aliphatic carbocycles. The van der Waals surface area contributed by atoms with E-state index in [2.05, 4.69) is 21.2 Å². The quantitative estimate of drug-likeness (QED) is 0.684. The Morgan fingerprint density at radius 1 is 0.844 bits per heavy atom. The summed E-state index contributed by atoms with van der Waals surface area (Å²) in [5.74, 6) is -0.220. The fraction of sp³-hybridized carbons (Fsp3) is 0.400. The van der Waals surface area contributed by atoms with Gasteiger partial charge in [0.15, 0.2) is 0 Å². The molecule has 1 N–H and O–H groups in total. The molecule has 3 amide bonds. The van der Waals surface area contributed by atoms with Crippen LogP contribution in [0.25, 0.3) is 0 Å². The number of benzene rings is 2. The molecule has 4 rings (SSSR count). The van der Waals surface area contributed by atoms with Crippen molar-refractivity contribution in [3.8, 4) is 0 Å². The van der Waals surface area contributed by atoms with Crippen LogP contribution in [0, 0.1) is 5.92 Å². The first-order valence-electron chi connectivity index (χ1n) is 11.2. The zero-order chi connectivity index (χ0) is 22.5. The second-order valence-corrected chi connectivity index (χ2v) is 9.41. The molecule has 2 aromatic carbocycles. The third-order valence-electron chi connectivity index (χ3n) is 6.38. The van der Waals surface area contributed by atoms with Crippen LogP contribution in [-0.2, 0) is 4.79 Å². The smallest absolute Gasteiger partial charge is 0.253 e. The summed E-state index contributed by atoms with van der Waals surface area (Å²) in [6, 6.07) is 15.8. The van der Waals surface area contributed by atoms with Crippen LogP contribution in [-0.4, -0.2) is 59.7 Å². The third-order valence-corrected chi connectivity index (χ3v) is 6.87. The Labute approximate surface area is 197 Å². The fourth-order valence-electron chi connectivity index (χ4n) is 4.57. The lowest BCUT2D eigenvalue weighted by molar-refractivity contribution is -0.134. The van der Waals surface area contributed by atoms with Gasteiger partial charge in [-0.3, -0.25) is 14.4 Å². The Morgan fingerprint density at radius 2 is 1.50 bits per heavy atom. The molecule has 168 valence electrons. The van der Waals surface area contributed by atoms with E-state index in [-0.39, 0.29) is 23.6 Å². The van der Waals surface area contributed by atoms with Gasteiger partial charge in [0.25, 0.3) is 11.8 Å². The van der Waals surface area contributed by atoms with Crippen molar-refractivity contribution in [1.82, 2.24) is 15.1 Å². The zero-order valence-electron chi connectivity index (χ0n) is 18.0. The van der Waals surface area contributed by atoms with Crippen LogP contribution in [0.1, 0.15) is 46.4 Å². The monoisotopic (exact) mass is 497 g/mol. The number of rotatable bonds is 5. The number of halogens is 1. The Bertz CT molecular complexity index is 967. The van der Waals surface area contributed by atoms with Crippen molar-refractivity contribution in [2.75, 3.05) is 26.2 Å². The van der Waals surface area contributed by atoms with E-state index in [9.17, 15) is 14.4 Å². The highest BCUT2D eigenvalue weighted by molar-refractivity contribution is 9.10. The molecule has 32 heavy (non-hydrogen) atoms. The highest BCUT2D eigenvalue weighted by atomic mass is 79.9. The van der Waals surface area contributed by atoms with Crippen LogP contribution in [0.2, 0.25) is 0 Å². The lowest BCUT2D eigenvalue weighted by Gasteiger charge is -2.37. The molecule has 2 fully saturated rings. The average Bonchev–Trinajstić information content (AvgIpc) is 3.37. The number of carbonyl (C=O) groups is 3. The molecule has 1 atom stereocenters. The number of amides is 3. The fourth-order valence-corrected chi connectivity index (χ4v) is 4.97. The standard InChI is InChI=1S/C25H28BrN3O3/c26-21-10-6-9-20(17-21)24(31)29-15-11-18(12-16-29)22(25(32)28-13-4-5-14-28)27-23(30)19-7-2-1-3-8-19/h1-3,6-10,17-18,22H,4-5,11-16H2,(H,27,30). The number of hydrogen-bond acceptors (Lipinski definition) is 3. The molecule has 1 unspecified atom stereocenters. The maximum Gasteiger partial charge on any atom is 0.253 e. The Kier molecular flexibility index (Phi) is 7.25. The highest BCUT2D eigenvalue weighted by Crippen LogP contribution is 2.25. The highest BCUT2D eigenvalue weighted by Gasteiger charge is 2.37. The topological polar surface area (TPSA) is 69.7 Å². The first-order valence-corrected chi connectivity index (χ1v) is 12.0. The van der Waals surface area contributed by atoms with E-state index in [1.54, 1.807) is 12.1 Å². The number of piperidine rings is 1. The molecule has 2 saturated heterocycles. The summed E-state index contributed by atoms with van der Waals surface area (Å²) >= 11 is 3.42. The van der Waals surface area contributed by atoms with E-state index >= 15 is 0 Å². The van der Waals surface area contributed by atoms with Crippen LogP contribution >= 0.6 is 15.9 Å². The van der Waals surface area contributed by atoms with Gasteiger partial charge < -0.3 is 15.1 Å². The Morgan fingerprint density at radius 3 is 2.16 bits per heavy atom. The molecule has 0 aromatic heterocycles. The molecule has 0 spiro atoms. The lowest BCUT2D eigenvalue weighted by atomic mass is 9.88. The van der Waals surface area contributed by atoms with Gasteiger partial charge in [-0.05, 0) is 61.9 Å². The van der Waals surface area contributed by atoms with Gasteiger partial charge in [0.1, 0.15) is 6.04 Å². The summed E-state index contributed by atoms with van der Waals surface area (Å²) in [6.45, 7) is 2.63. The van der Waals surface area contributed by atoms with Gasteiger partial charge in [-0.2, -0.15) is 0 Å². The van der Waals surface area contributed by atoms with Crippen LogP contribution in [0.4, 0.5) is 0 Å². The van der Waals surface area contributed by atoms with Gasteiger partial charge in [0.05, 0.1) is 0 Å². The number of hydrogen-bond donors (Lipinski definition) is 1. The molecule has 2 aliphatic heterocycles. The van der Waals surface area contributed by atoms with Gasteiger partial charge in [0, 0.05) is 41.8 Å². The number of likely N-dealkylation sites (tertiary alicyclic amines) is 2. The summed E-state index contributed by atoms with van der Waals surface area (Å²) in [6.07, 6.45) is 3.37. The molecule has 7 heteroatoms. The minimum Gasteiger partial charge on any atom is -0.341 e. The summed E-state index contributed by atoms with van der Waals surface area (Å²) in [4.78, 5) is 42.8. The van der Waals surface area contributed by atoms with Crippen molar-refractivity contribution in [2.45, 2.75) is 31.7 Å². The van der Waals surface area contributed by atoms with Gasteiger partial charge in [-0.1, -0.05) is 40.2 Å². The minimum absolute atomic E-state index is 0.000454. The van der Waals surface area contributed by atoms with Crippen molar-refractivity contribution < 1.29 is 14.4 Å². The van der Waals surface area contributed by atoms with Crippen LogP contribution < -0.4 is 5.32 Å². The van der Waals surface area contributed by atoms with Crippen LogP contribution in [0.3, 0.4) is 0 Å². The van der Waals surface area contributed by atoms with Crippen molar-refractivity contribution in [3.63, 3.8) is 0 Å². The van der Waals surface area contributed by atoms with Crippen molar-refractivity contribution in [1.29, 1.82) is 0 Å². The molecule has 2 aliphatic rings. The summed E-state index contributed by atoms with van der Waals surface area (Å²) in [5, 5.41) is 3.02. The van der Waals surface area contributed by atoms with E-state index in [1.165, 1.54) is 0 Å². The molecule has 0 saturated carbocycles. The van der Waals surface area contributed by atoms with Gasteiger partial charge >= 0.3 is 0 Å². The summed E-state index contributed by atoms with van der Waals surface area (Å²) in [7, 11) is 0. The molecule has 2 heterocycles. The summed E-state index contributed by atoms with van der Waals surface area (Å²) < 4.78 is 0.873. The van der Waals surface area contributed by atoms with Crippen molar-refractivity contribution in [3.05, 3.63) is 70.2 Å². The first kappa shape index (κ1) is 22.5. The second kappa shape index (κ2) is 10.3. The van der Waals surface area contributed by atoms with Gasteiger partial charge in [-0.15, -0.1) is 0 Å². The molecule has 2 aromatic rings. The average molecular weight is 498 g/mol. The minimum atomic E-state index is -0.566. The van der Waals surface area contributed by atoms with Gasteiger partial charge in [0.2, 0.25) is 5.91 Å². The lowest BCUT2D eigenvalue weighted by Crippen LogP contribution is -2.54. The van der Waals surface area contributed by atoms with Gasteiger partial charge in [-0.25, -0.2) is 0 Å². The second-order valence-electron chi connectivity index (χ2n) is 8.49. The van der Waals surface area contributed by atoms with Crippen LogP contribution in [0.5, 0.6) is 0 Å².